The highest BCUT2D eigenvalue weighted by molar-refractivity contribution is 5.98. The van der Waals surface area contributed by atoms with Crippen LogP contribution in [0.3, 0.4) is 0 Å². The molecule has 0 saturated carbocycles. The molecule has 1 aromatic carbocycles. The maximum absolute atomic E-state index is 12.2. The summed E-state index contributed by atoms with van der Waals surface area (Å²) < 4.78 is 4.69. The van der Waals surface area contributed by atoms with Crippen molar-refractivity contribution in [2.75, 3.05) is 7.11 Å². The van der Waals surface area contributed by atoms with E-state index in [1.54, 1.807) is 18.2 Å². The minimum Gasteiger partial charge on any atom is -0.467 e. The van der Waals surface area contributed by atoms with Crippen molar-refractivity contribution in [1.82, 2.24) is 5.32 Å². The third kappa shape index (κ3) is 3.79. The minimum atomic E-state index is -0.664. The molecule has 19 heavy (non-hydrogen) atoms. The van der Waals surface area contributed by atoms with E-state index < -0.39 is 12.0 Å². The molecule has 1 amide bonds. The Kier molecular flexibility index (Phi) is 5.51. The number of hydrogen-bond acceptors (Lipinski definition) is 4. The van der Waals surface area contributed by atoms with Crippen molar-refractivity contribution in [2.24, 2.45) is 11.7 Å². The Balaban J connectivity index is 2.91. The number of amides is 1. The normalized spacial score (nSPS) is 12.1. The van der Waals surface area contributed by atoms with Crippen LogP contribution in [0.4, 0.5) is 0 Å². The van der Waals surface area contributed by atoms with Crippen LogP contribution in [-0.4, -0.2) is 25.0 Å². The summed E-state index contributed by atoms with van der Waals surface area (Å²) in [5, 5.41) is 2.69. The Morgan fingerprint density at radius 3 is 2.47 bits per heavy atom. The predicted octanol–water partition coefficient (Wildman–Crippen LogP) is 1.07. The lowest BCUT2D eigenvalue weighted by atomic mass is 10.0. The van der Waals surface area contributed by atoms with Crippen LogP contribution < -0.4 is 11.1 Å². The summed E-state index contributed by atoms with van der Waals surface area (Å²) >= 11 is 0. The molecular formula is C14H20N2O3. The maximum atomic E-state index is 12.2. The van der Waals surface area contributed by atoms with Crippen molar-refractivity contribution >= 4 is 11.9 Å². The fourth-order valence-electron chi connectivity index (χ4n) is 1.76. The lowest BCUT2D eigenvalue weighted by Gasteiger charge is -2.20. The first-order valence-electron chi connectivity index (χ1n) is 6.18. The number of hydrogen-bond donors (Lipinski definition) is 2. The molecule has 1 rings (SSSR count). The van der Waals surface area contributed by atoms with Gasteiger partial charge in [-0.15, -0.1) is 0 Å². The lowest BCUT2D eigenvalue weighted by molar-refractivity contribution is -0.144. The first kappa shape index (κ1) is 15.2. The number of nitrogens with one attached hydrogen (secondary N) is 1. The summed E-state index contributed by atoms with van der Waals surface area (Å²) in [4.78, 5) is 23.8. The number of rotatable bonds is 5. The highest BCUT2D eigenvalue weighted by Gasteiger charge is 2.25. The molecule has 0 bridgehead atoms. The van der Waals surface area contributed by atoms with Crippen LogP contribution in [0, 0.1) is 5.92 Å². The van der Waals surface area contributed by atoms with Crippen LogP contribution in [0.25, 0.3) is 0 Å². The van der Waals surface area contributed by atoms with Gasteiger partial charge in [0.1, 0.15) is 6.04 Å². The molecule has 1 atom stereocenters. The molecule has 0 radical (unpaired) electrons. The van der Waals surface area contributed by atoms with Crippen LogP contribution >= 0.6 is 0 Å². The average molecular weight is 264 g/mol. The fraction of sp³-hybridized carbons (Fsp3) is 0.429. The lowest BCUT2D eigenvalue weighted by Crippen LogP contribution is -2.45. The first-order valence-corrected chi connectivity index (χ1v) is 6.18. The highest BCUT2D eigenvalue weighted by Crippen LogP contribution is 2.10. The van der Waals surface area contributed by atoms with Gasteiger partial charge in [0.15, 0.2) is 0 Å². The summed E-state index contributed by atoms with van der Waals surface area (Å²) in [6, 6.07) is 6.39. The molecule has 0 aliphatic carbocycles. The number of carbonyl (C=O) groups is 2. The SMILES string of the molecule is COC(=O)C(NC(=O)c1ccccc1CN)C(C)C. The number of benzene rings is 1. The van der Waals surface area contributed by atoms with Crippen LogP contribution in [0.2, 0.25) is 0 Å². The molecule has 1 aromatic rings. The standard InChI is InChI=1S/C14H20N2O3/c1-9(2)12(14(18)19-3)16-13(17)11-7-5-4-6-10(11)8-15/h4-7,9,12H,8,15H2,1-3H3,(H,16,17). The zero-order chi connectivity index (χ0) is 14.4. The van der Waals surface area contributed by atoms with Gasteiger partial charge in [-0.05, 0) is 17.5 Å². The quantitative estimate of drug-likeness (QED) is 0.779. The molecule has 1 unspecified atom stereocenters. The number of methoxy groups -OCH3 is 1. The fourth-order valence-corrected chi connectivity index (χ4v) is 1.76. The van der Waals surface area contributed by atoms with E-state index in [9.17, 15) is 9.59 Å². The van der Waals surface area contributed by atoms with Gasteiger partial charge in [0.2, 0.25) is 0 Å². The topological polar surface area (TPSA) is 81.4 Å². The van der Waals surface area contributed by atoms with Gasteiger partial charge in [-0.1, -0.05) is 32.0 Å². The maximum Gasteiger partial charge on any atom is 0.328 e. The molecule has 0 spiro atoms. The summed E-state index contributed by atoms with van der Waals surface area (Å²) in [6.07, 6.45) is 0. The van der Waals surface area contributed by atoms with E-state index in [4.69, 9.17) is 5.73 Å². The van der Waals surface area contributed by atoms with Gasteiger partial charge < -0.3 is 15.8 Å². The molecule has 0 aliphatic rings. The monoisotopic (exact) mass is 264 g/mol. The van der Waals surface area contributed by atoms with Gasteiger partial charge in [0.25, 0.3) is 5.91 Å². The van der Waals surface area contributed by atoms with E-state index in [-0.39, 0.29) is 18.4 Å². The largest absolute Gasteiger partial charge is 0.467 e. The number of esters is 1. The summed E-state index contributed by atoms with van der Waals surface area (Å²) in [7, 11) is 1.30. The van der Waals surface area contributed by atoms with E-state index >= 15 is 0 Å². The molecule has 5 nitrogen and oxygen atoms in total. The molecule has 0 aliphatic heterocycles. The third-order valence-electron chi connectivity index (χ3n) is 2.89. The van der Waals surface area contributed by atoms with E-state index in [2.05, 4.69) is 10.1 Å². The minimum absolute atomic E-state index is 0.0542. The summed E-state index contributed by atoms with van der Waals surface area (Å²) in [5.74, 6) is -0.819. The van der Waals surface area contributed by atoms with Gasteiger partial charge in [0, 0.05) is 12.1 Å². The second-order valence-electron chi connectivity index (χ2n) is 4.58. The van der Waals surface area contributed by atoms with E-state index in [0.29, 0.717) is 5.56 Å². The van der Waals surface area contributed by atoms with Gasteiger partial charge >= 0.3 is 5.97 Å². The first-order chi connectivity index (χ1) is 9.01. The molecule has 0 aromatic heterocycles. The molecular weight excluding hydrogens is 244 g/mol. The van der Waals surface area contributed by atoms with Crippen LogP contribution in [0.1, 0.15) is 29.8 Å². The molecule has 0 saturated heterocycles. The third-order valence-corrected chi connectivity index (χ3v) is 2.89. The number of ether oxygens (including phenoxy) is 1. The predicted molar refractivity (Wildman–Crippen MR) is 72.4 cm³/mol. The van der Waals surface area contributed by atoms with Gasteiger partial charge in [-0.3, -0.25) is 4.79 Å². The molecule has 5 heteroatoms. The summed E-state index contributed by atoms with van der Waals surface area (Å²) in [5.41, 5.74) is 6.82. The number of nitrogens with two attached hydrogens (primary N) is 1. The average Bonchev–Trinajstić information content (AvgIpc) is 2.43. The number of carbonyl (C=O) groups excluding carboxylic acids is 2. The zero-order valence-electron chi connectivity index (χ0n) is 11.5. The van der Waals surface area contributed by atoms with Crippen molar-refractivity contribution in [3.05, 3.63) is 35.4 Å². The van der Waals surface area contributed by atoms with Crippen molar-refractivity contribution in [3.63, 3.8) is 0 Å². The zero-order valence-corrected chi connectivity index (χ0v) is 11.5. The van der Waals surface area contributed by atoms with Gasteiger partial charge in [-0.2, -0.15) is 0 Å². The second-order valence-corrected chi connectivity index (χ2v) is 4.58. The Labute approximate surface area is 113 Å². The summed E-state index contributed by atoms with van der Waals surface area (Å²) in [6.45, 7) is 3.96. The van der Waals surface area contributed by atoms with Crippen molar-refractivity contribution in [2.45, 2.75) is 26.4 Å². The Hall–Kier alpha value is -1.88. The van der Waals surface area contributed by atoms with E-state index in [1.165, 1.54) is 7.11 Å². The van der Waals surface area contributed by atoms with Gasteiger partial charge in [-0.25, -0.2) is 4.79 Å². The van der Waals surface area contributed by atoms with Crippen LogP contribution in [0.15, 0.2) is 24.3 Å². The van der Waals surface area contributed by atoms with Crippen LogP contribution in [-0.2, 0) is 16.1 Å². The smallest absolute Gasteiger partial charge is 0.328 e. The molecule has 0 heterocycles. The Morgan fingerprint density at radius 1 is 1.32 bits per heavy atom. The van der Waals surface area contributed by atoms with Gasteiger partial charge in [0.05, 0.1) is 7.11 Å². The molecule has 104 valence electrons. The second kappa shape index (κ2) is 6.89. The Morgan fingerprint density at radius 2 is 1.95 bits per heavy atom. The van der Waals surface area contributed by atoms with Crippen molar-refractivity contribution < 1.29 is 14.3 Å². The molecule has 3 N–H and O–H groups in total. The molecule has 0 fully saturated rings. The Bertz CT molecular complexity index is 458. The van der Waals surface area contributed by atoms with Crippen LogP contribution in [0.5, 0.6) is 0 Å². The highest BCUT2D eigenvalue weighted by atomic mass is 16.5. The van der Waals surface area contributed by atoms with Crippen molar-refractivity contribution in [1.29, 1.82) is 0 Å². The van der Waals surface area contributed by atoms with E-state index in [1.807, 2.05) is 19.9 Å². The van der Waals surface area contributed by atoms with E-state index in [0.717, 1.165) is 5.56 Å². The van der Waals surface area contributed by atoms with Crippen molar-refractivity contribution in [3.8, 4) is 0 Å².